The van der Waals surface area contributed by atoms with Crippen LogP contribution in [0.3, 0.4) is 0 Å². The van der Waals surface area contributed by atoms with Gasteiger partial charge >= 0.3 is 0 Å². The highest BCUT2D eigenvalue weighted by Gasteiger charge is 2.35. The van der Waals surface area contributed by atoms with Crippen LogP contribution in [0.15, 0.2) is 9.31 Å². The van der Waals surface area contributed by atoms with Crippen LogP contribution in [0.2, 0.25) is 0 Å². The number of nitrogens with two attached hydrogens (primary N) is 1. The first-order chi connectivity index (χ1) is 9.78. The van der Waals surface area contributed by atoms with Crippen molar-refractivity contribution < 1.29 is 12.8 Å². The first-order valence-electron chi connectivity index (χ1n) is 7.24. The van der Waals surface area contributed by atoms with Gasteiger partial charge in [0.2, 0.25) is 10.0 Å². The summed E-state index contributed by atoms with van der Waals surface area (Å²) in [4.78, 5) is 2.41. The van der Waals surface area contributed by atoms with Crippen LogP contribution >= 0.6 is 0 Å². The van der Waals surface area contributed by atoms with Crippen LogP contribution in [0.5, 0.6) is 0 Å². The number of hydrogen-bond donors (Lipinski definition) is 1. The van der Waals surface area contributed by atoms with Crippen molar-refractivity contribution in [2.24, 2.45) is 5.73 Å². The molecule has 0 spiro atoms. The van der Waals surface area contributed by atoms with E-state index < -0.39 is 10.0 Å². The maximum atomic E-state index is 12.9. The quantitative estimate of drug-likeness (QED) is 0.899. The molecule has 2 N–H and O–H groups in total. The maximum Gasteiger partial charge on any atom is 0.246 e. The largest absolute Gasteiger partial charge is 0.465 e. The predicted molar refractivity (Wildman–Crippen MR) is 81.5 cm³/mol. The van der Waals surface area contributed by atoms with Crippen LogP contribution in [0.25, 0.3) is 0 Å². The summed E-state index contributed by atoms with van der Waals surface area (Å²) in [5, 5.41) is 0. The molecular weight excluding hydrogens is 290 g/mol. The molecule has 1 aliphatic heterocycles. The molecule has 1 atom stereocenters. The molecule has 7 heteroatoms. The first kappa shape index (κ1) is 16.5. The Balaban J connectivity index is 2.37. The highest BCUT2D eigenvalue weighted by Crippen LogP contribution is 2.30. The Bertz CT molecular complexity index is 609. The minimum Gasteiger partial charge on any atom is -0.465 e. The highest BCUT2D eigenvalue weighted by molar-refractivity contribution is 7.89. The molecule has 0 bridgehead atoms. The highest BCUT2D eigenvalue weighted by atomic mass is 32.2. The van der Waals surface area contributed by atoms with Crippen LogP contribution in [-0.2, 0) is 16.6 Å². The smallest absolute Gasteiger partial charge is 0.246 e. The van der Waals surface area contributed by atoms with Gasteiger partial charge in [-0.1, -0.05) is 0 Å². The molecule has 0 amide bonds. The first-order valence-corrected chi connectivity index (χ1v) is 8.68. The van der Waals surface area contributed by atoms with E-state index in [2.05, 4.69) is 4.90 Å². The van der Waals surface area contributed by atoms with E-state index in [1.54, 1.807) is 20.9 Å². The molecule has 0 aromatic carbocycles. The van der Waals surface area contributed by atoms with E-state index >= 15 is 0 Å². The van der Waals surface area contributed by atoms with E-state index in [9.17, 15) is 8.42 Å². The number of aryl methyl sites for hydroxylation is 2. The third kappa shape index (κ3) is 3.01. The van der Waals surface area contributed by atoms with Gasteiger partial charge in [-0.05, 0) is 40.3 Å². The summed E-state index contributed by atoms with van der Waals surface area (Å²) in [7, 11) is 0.0913. The molecule has 1 saturated heterocycles. The Hall–Kier alpha value is -0.890. The second-order valence-corrected chi connectivity index (χ2v) is 7.74. The van der Waals surface area contributed by atoms with Gasteiger partial charge < -0.3 is 15.1 Å². The van der Waals surface area contributed by atoms with Gasteiger partial charge in [0.05, 0.1) is 0 Å². The molecule has 6 nitrogen and oxygen atoms in total. The molecule has 2 heterocycles. The second-order valence-electron chi connectivity index (χ2n) is 5.81. The third-order valence-corrected chi connectivity index (χ3v) is 6.39. The van der Waals surface area contributed by atoms with E-state index in [1.165, 1.54) is 4.31 Å². The van der Waals surface area contributed by atoms with Crippen LogP contribution < -0.4 is 5.73 Å². The van der Waals surface area contributed by atoms with Crippen LogP contribution in [0, 0.1) is 13.8 Å². The summed E-state index contributed by atoms with van der Waals surface area (Å²) in [6.45, 7) is 5.37. The summed E-state index contributed by atoms with van der Waals surface area (Å²) in [6.07, 6.45) is 1.89. The minimum atomic E-state index is -3.58. The number of hydrogen-bond acceptors (Lipinski definition) is 5. The lowest BCUT2D eigenvalue weighted by Crippen LogP contribution is -2.47. The molecule has 120 valence electrons. The average Bonchev–Trinajstić information content (AvgIpc) is 2.72. The number of sulfonamides is 1. The molecule has 0 radical (unpaired) electrons. The van der Waals surface area contributed by atoms with Gasteiger partial charge in [-0.2, -0.15) is 4.31 Å². The Labute approximate surface area is 126 Å². The molecule has 1 aromatic heterocycles. The number of likely N-dealkylation sites (N-methyl/N-ethyl adjacent to an activating group) is 2. The van der Waals surface area contributed by atoms with Gasteiger partial charge in [0.15, 0.2) is 0 Å². The lowest BCUT2D eigenvalue weighted by molar-refractivity contribution is 0.187. The van der Waals surface area contributed by atoms with E-state index in [4.69, 9.17) is 10.2 Å². The van der Waals surface area contributed by atoms with Gasteiger partial charge in [0.25, 0.3) is 0 Å². The zero-order valence-corrected chi connectivity index (χ0v) is 14.0. The number of nitrogens with zero attached hydrogens (tertiary/aromatic N) is 2. The fourth-order valence-corrected chi connectivity index (χ4v) is 4.86. The van der Waals surface area contributed by atoms with Gasteiger partial charge in [0, 0.05) is 31.7 Å². The van der Waals surface area contributed by atoms with Crippen molar-refractivity contribution in [1.29, 1.82) is 0 Å². The summed E-state index contributed by atoms with van der Waals surface area (Å²) in [5.74, 6) is 1.01. The van der Waals surface area contributed by atoms with Crippen molar-refractivity contribution in [2.75, 3.05) is 27.2 Å². The number of likely N-dealkylation sites (tertiary alicyclic amines) is 1. The Morgan fingerprint density at radius 3 is 2.62 bits per heavy atom. The lowest BCUT2D eigenvalue weighted by Gasteiger charge is -2.35. The van der Waals surface area contributed by atoms with Crippen LogP contribution in [0.1, 0.15) is 29.9 Å². The molecule has 0 aliphatic carbocycles. The standard InChI is InChI=1S/C14H25N3O3S/c1-10-13(8-15)14(11(2)20-10)21(18,19)17(4)12-6-5-7-16(3)9-12/h12H,5-9,15H2,1-4H3. The van der Waals surface area contributed by atoms with Crippen LogP contribution in [-0.4, -0.2) is 50.8 Å². The van der Waals surface area contributed by atoms with E-state index in [1.807, 2.05) is 7.05 Å². The van der Waals surface area contributed by atoms with Crippen molar-refractivity contribution in [3.05, 3.63) is 17.1 Å². The van der Waals surface area contributed by atoms with E-state index in [0.717, 1.165) is 25.9 Å². The zero-order chi connectivity index (χ0) is 15.8. The van der Waals surface area contributed by atoms with Gasteiger partial charge in [0.1, 0.15) is 16.4 Å². The van der Waals surface area contributed by atoms with Gasteiger partial charge in [-0.3, -0.25) is 0 Å². The molecule has 1 aliphatic rings. The Kier molecular flexibility index (Phi) is 4.77. The van der Waals surface area contributed by atoms with Crippen molar-refractivity contribution in [3.63, 3.8) is 0 Å². The van der Waals surface area contributed by atoms with Crippen molar-refractivity contribution in [1.82, 2.24) is 9.21 Å². The molecular formula is C14H25N3O3S. The van der Waals surface area contributed by atoms with Gasteiger partial charge in [-0.25, -0.2) is 8.42 Å². The molecule has 1 aromatic rings. The number of piperidine rings is 1. The monoisotopic (exact) mass is 315 g/mol. The molecule has 2 rings (SSSR count). The summed E-state index contributed by atoms with van der Waals surface area (Å²) in [5.41, 5.74) is 6.30. The van der Waals surface area contributed by atoms with Crippen molar-refractivity contribution in [2.45, 2.75) is 44.2 Å². The van der Waals surface area contributed by atoms with Crippen molar-refractivity contribution in [3.8, 4) is 0 Å². The lowest BCUT2D eigenvalue weighted by atomic mass is 10.1. The van der Waals surface area contributed by atoms with Crippen LogP contribution in [0.4, 0.5) is 0 Å². The number of furan rings is 1. The van der Waals surface area contributed by atoms with E-state index in [0.29, 0.717) is 17.1 Å². The molecule has 0 saturated carbocycles. The third-order valence-electron chi connectivity index (χ3n) is 4.28. The Morgan fingerprint density at radius 1 is 1.38 bits per heavy atom. The van der Waals surface area contributed by atoms with Crippen molar-refractivity contribution >= 4 is 10.0 Å². The molecule has 21 heavy (non-hydrogen) atoms. The maximum absolute atomic E-state index is 12.9. The summed E-state index contributed by atoms with van der Waals surface area (Å²) in [6, 6.07) is -0.00557. The second kappa shape index (κ2) is 6.08. The minimum absolute atomic E-state index is 0.00557. The topological polar surface area (TPSA) is 79.8 Å². The molecule has 1 unspecified atom stereocenters. The Morgan fingerprint density at radius 2 is 2.05 bits per heavy atom. The zero-order valence-electron chi connectivity index (χ0n) is 13.2. The summed E-state index contributed by atoms with van der Waals surface area (Å²) >= 11 is 0. The molecule has 1 fully saturated rings. The average molecular weight is 315 g/mol. The number of rotatable bonds is 4. The fourth-order valence-electron chi connectivity index (χ4n) is 3.06. The SMILES string of the molecule is Cc1oc(C)c(S(=O)(=O)N(C)C2CCCN(C)C2)c1CN. The van der Waals surface area contributed by atoms with E-state index in [-0.39, 0.29) is 17.5 Å². The van der Waals surface area contributed by atoms with Gasteiger partial charge in [-0.15, -0.1) is 0 Å². The fraction of sp³-hybridized carbons (Fsp3) is 0.714. The normalized spacial score (nSPS) is 21.1. The summed E-state index contributed by atoms with van der Waals surface area (Å²) < 4.78 is 32.9. The predicted octanol–water partition coefficient (Wildman–Crippen LogP) is 1.07.